The van der Waals surface area contributed by atoms with Gasteiger partial charge in [0.1, 0.15) is 17.0 Å². The number of nitrogens with two attached hydrogens (primary N) is 1. The number of likely N-dealkylation sites (tertiary alicyclic amines) is 2. The zero-order valence-corrected chi connectivity index (χ0v) is 31.5. The number of aromatic nitrogens is 3. The number of carbonyl (C=O) groups is 2. The summed E-state index contributed by atoms with van der Waals surface area (Å²) in [6.07, 6.45) is 6.21. The Morgan fingerprint density at radius 1 is 0.865 bits per heavy atom. The summed E-state index contributed by atoms with van der Waals surface area (Å²) in [6, 6.07) is 18.0. The zero-order chi connectivity index (χ0) is 37.4. The minimum absolute atomic E-state index is 0.135. The molecule has 0 bridgehead atoms. The van der Waals surface area contributed by atoms with E-state index in [2.05, 4.69) is 47.0 Å². The smallest absolute Gasteiger partial charge is 0.410 e. The minimum Gasteiger partial charge on any atom is -0.444 e. The van der Waals surface area contributed by atoms with Crippen LogP contribution in [0.25, 0.3) is 39.1 Å². The van der Waals surface area contributed by atoms with E-state index in [0.29, 0.717) is 30.6 Å². The van der Waals surface area contributed by atoms with Gasteiger partial charge in [-0.05, 0) is 101 Å². The van der Waals surface area contributed by atoms with E-state index in [-0.39, 0.29) is 24.3 Å². The molecule has 2 fully saturated rings. The molecule has 2 aliphatic rings. The molecule has 274 valence electrons. The van der Waals surface area contributed by atoms with E-state index in [1.165, 1.54) is 0 Å². The van der Waals surface area contributed by atoms with Crippen LogP contribution in [-0.2, 0) is 9.47 Å². The molecule has 4 aromatic rings. The van der Waals surface area contributed by atoms with Crippen LogP contribution in [0.5, 0.6) is 0 Å². The van der Waals surface area contributed by atoms with Gasteiger partial charge in [-0.2, -0.15) is 0 Å². The van der Waals surface area contributed by atoms with Gasteiger partial charge in [0, 0.05) is 24.7 Å². The second-order valence-electron chi connectivity index (χ2n) is 16.3. The standard InChI is InChI=1S/C41H51N7O4/c1-25-17-31(47(23-25)38(49)51-40(3,4)5)20-43-21-32(42)28-11-9-27(10-12-28)29-13-15-33-30(19-29)14-16-34(45-33)35-22-44-37(46-35)36-18-26(2)24-48(36)39(50)52-41(6,7)8/h9-16,19-22,25-26,31,36H,17-18,23-24,42H2,1-8H3,(H,44,46)/b32-21-,43-20?/t25-,26-,31-,36-/m0/s1. The van der Waals surface area contributed by atoms with E-state index in [1.807, 2.05) is 77.9 Å². The van der Waals surface area contributed by atoms with Crippen LogP contribution in [0.4, 0.5) is 9.59 Å². The van der Waals surface area contributed by atoms with Crippen LogP contribution < -0.4 is 5.73 Å². The SMILES string of the molecule is C[C@H]1C[C@@H](C=N/C=C(\N)c2ccc(-c3ccc4nc(-c5cnc([C@@H]6C[C@H](C)CN6C(=O)OC(C)(C)C)[nH]5)ccc4c3)cc2)N(C(=O)OC(C)(C)C)C1. The quantitative estimate of drug-likeness (QED) is 0.192. The van der Waals surface area contributed by atoms with Crippen molar-refractivity contribution in [1.29, 1.82) is 0 Å². The lowest BCUT2D eigenvalue weighted by molar-refractivity contribution is 0.0212. The van der Waals surface area contributed by atoms with Crippen molar-refractivity contribution in [2.45, 2.75) is 91.5 Å². The summed E-state index contributed by atoms with van der Waals surface area (Å²) in [5.41, 5.74) is 11.2. The molecule has 2 aromatic carbocycles. The molecule has 4 atom stereocenters. The summed E-state index contributed by atoms with van der Waals surface area (Å²) in [4.78, 5) is 46.7. The number of hydrogen-bond acceptors (Lipinski definition) is 8. The number of aliphatic imine (C=N–C) groups is 1. The number of hydrogen-bond donors (Lipinski definition) is 2. The molecule has 11 heteroatoms. The molecule has 3 N–H and O–H groups in total. The van der Waals surface area contributed by atoms with Gasteiger partial charge in [-0.3, -0.25) is 14.8 Å². The molecule has 2 amide bonds. The van der Waals surface area contributed by atoms with Gasteiger partial charge in [0.05, 0.1) is 47.1 Å². The lowest BCUT2D eigenvalue weighted by Gasteiger charge is -2.27. The number of imidazole rings is 1. The number of fused-ring (bicyclic) bond motifs is 1. The maximum atomic E-state index is 13.0. The molecule has 0 radical (unpaired) electrons. The van der Waals surface area contributed by atoms with Gasteiger partial charge < -0.3 is 20.2 Å². The highest BCUT2D eigenvalue weighted by Crippen LogP contribution is 2.36. The van der Waals surface area contributed by atoms with Gasteiger partial charge in [-0.25, -0.2) is 19.6 Å². The van der Waals surface area contributed by atoms with E-state index >= 15 is 0 Å². The van der Waals surface area contributed by atoms with Gasteiger partial charge in [0.2, 0.25) is 0 Å². The molecule has 0 aliphatic carbocycles. The first-order valence-corrected chi connectivity index (χ1v) is 18.1. The molecule has 0 saturated carbocycles. The lowest BCUT2D eigenvalue weighted by Crippen LogP contribution is -2.40. The van der Waals surface area contributed by atoms with Gasteiger partial charge in [0.15, 0.2) is 0 Å². The third kappa shape index (κ3) is 8.63. The second-order valence-corrected chi connectivity index (χ2v) is 16.3. The van der Waals surface area contributed by atoms with E-state index in [0.717, 1.165) is 57.6 Å². The second kappa shape index (κ2) is 14.4. The fourth-order valence-electron chi connectivity index (χ4n) is 6.83. The number of carbonyl (C=O) groups excluding carboxylic acids is 2. The van der Waals surface area contributed by atoms with Crippen molar-refractivity contribution in [3.63, 3.8) is 0 Å². The summed E-state index contributed by atoms with van der Waals surface area (Å²) in [5, 5.41) is 1.01. The number of nitrogens with one attached hydrogen (secondary N) is 1. The van der Waals surface area contributed by atoms with Gasteiger partial charge in [0.25, 0.3) is 0 Å². The first-order valence-electron chi connectivity index (χ1n) is 18.1. The monoisotopic (exact) mass is 705 g/mol. The highest BCUT2D eigenvalue weighted by atomic mass is 16.6. The number of ether oxygens (including phenoxy) is 2. The molecule has 2 aliphatic heterocycles. The largest absolute Gasteiger partial charge is 0.444 e. The number of H-pyrrole nitrogens is 1. The number of amides is 2. The van der Waals surface area contributed by atoms with Crippen molar-refractivity contribution in [2.24, 2.45) is 22.6 Å². The zero-order valence-electron chi connectivity index (χ0n) is 31.5. The number of benzene rings is 2. The molecule has 11 nitrogen and oxygen atoms in total. The molecule has 6 rings (SSSR count). The average molecular weight is 706 g/mol. The Morgan fingerprint density at radius 2 is 1.50 bits per heavy atom. The topological polar surface area (TPSA) is 139 Å². The van der Waals surface area contributed by atoms with E-state index in [9.17, 15) is 9.59 Å². The van der Waals surface area contributed by atoms with Gasteiger partial charge in [-0.1, -0.05) is 50.2 Å². The number of aromatic amines is 1. The summed E-state index contributed by atoms with van der Waals surface area (Å²) in [7, 11) is 0. The molecular weight excluding hydrogens is 654 g/mol. The Balaban J connectivity index is 1.12. The van der Waals surface area contributed by atoms with Crippen molar-refractivity contribution in [2.75, 3.05) is 13.1 Å². The summed E-state index contributed by atoms with van der Waals surface area (Å²) in [5.74, 6) is 1.44. The third-order valence-corrected chi connectivity index (χ3v) is 9.22. The molecule has 2 aromatic heterocycles. The van der Waals surface area contributed by atoms with Crippen LogP contribution in [0.1, 0.15) is 85.7 Å². The highest BCUT2D eigenvalue weighted by Gasteiger charge is 2.38. The van der Waals surface area contributed by atoms with Crippen LogP contribution in [0.15, 0.2) is 72.0 Å². The molecular formula is C41H51N7O4. The highest BCUT2D eigenvalue weighted by molar-refractivity contribution is 5.86. The molecule has 4 heterocycles. The average Bonchev–Trinajstić information content (AvgIpc) is 3.81. The third-order valence-electron chi connectivity index (χ3n) is 9.22. The van der Waals surface area contributed by atoms with Crippen molar-refractivity contribution in [3.8, 4) is 22.5 Å². The summed E-state index contributed by atoms with van der Waals surface area (Å²) < 4.78 is 11.3. The van der Waals surface area contributed by atoms with Crippen LogP contribution >= 0.6 is 0 Å². The van der Waals surface area contributed by atoms with E-state index in [4.69, 9.17) is 20.2 Å². The maximum Gasteiger partial charge on any atom is 0.410 e. The Hall–Kier alpha value is -5.19. The Labute approximate surface area is 306 Å². The normalized spacial score (nSPS) is 21.3. The van der Waals surface area contributed by atoms with Gasteiger partial charge in [-0.15, -0.1) is 0 Å². The predicted octanol–water partition coefficient (Wildman–Crippen LogP) is 8.58. The fourth-order valence-corrected chi connectivity index (χ4v) is 6.83. The Morgan fingerprint density at radius 3 is 2.19 bits per heavy atom. The molecule has 0 spiro atoms. The van der Waals surface area contributed by atoms with Gasteiger partial charge >= 0.3 is 12.2 Å². The summed E-state index contributed by atoms with van der Waals surface area (Å²) >= 11 is 0. The number of pyridine rings is 1. The molecule has 52 heavy (non-hydrogen) atoms. The minimum atomic E-state index is -0.564. The van der Waals surface area contributed by atoms with E-state index in [1.54, 1.807) is 28.4 Å². The van der Waals surface area contributed by atoms with Crippen LogP contribution in [-0.4, -0.2) is 73.5 Å². The summed E-state index contributed by atoms with van der Waals surface area (Å²) in [6.45, 7) is 16.8. The first kappa shape index (κ1) is 36.6. The van der Waals surface area contributed by atoms with Crippen molar-refractivity contribution < 1.29 is 19.1 Å². The Bertz CT molecular complexity index is 1990. The number of nitrogens with zero attached hydrogens (tertiary/aromatic N) is 5. The predicted molar refractivity (Wildman–Crippen MR) is 205 cm³/mol. The maximum absolute atomic E-state index is 13.0. The first-order chi connectivity index (χ1) is 24.5. The molecule has 2 saturated heterocycles. The fraction of sp³-hybridized carbons (Fsp3) is 0.439. The van der Waals surface area contributed by atoms with Crippen molar-refractivity contribution in [3.05, 3.63) is 78.4 Å². The van der Waals surface area contributed by atoms with Crippen LogP contribution in [0.2, 0.25) is 0 Å². The molecule has 0 unspecified atom stereocenters. The van der Waals surface area contributed by atoms with Crippen molar-refractivity contribution in [1.82, 2.24) is 24.8 Å². The van der Waals surface area contributed by atoms with E-state index < -0.39 is 11.2 Å². The van der Waals surface area contributed by atoms with Crippen LogP contribution in [0.3, 0.4) is 0 Å². The van der Waals surface area contributed by atoms with Crippen molar-refractivity contribution >= 4 is 35.0 Å². The lowest BCUT2D eigenvalue weighted by atomic mass is 10.0. The van der Waals surface area contributed by atoms with Crippen LogP contribution in [0, 0.1) is 11.8 Å². The Kier molecular flexibility index (Phi) is 10.2. The number of rotatable bonds is 6.